The van der Waals surface area contributed by atoms with Crippen LogP contribution in [0.3, 0.4) is 0 Å². The average Bonchev–Trinajstić information content (AvgIpc) is 3.19. The van der Waals surface area contributed by atoms with Crippen LogP contribution in [0.1, 0.15) is 12.8 Å². The molecule has 0 amide bonds. The van der Waals surface area contributed by atoms with Crippen LogP contribution in [0.2, 0.25) is 0 Å². The molecule has 2 aromatic rings. The summed E-state index contributed by atoms with van der Waals surface area (Å²) in [5.74, 6) is 0.249. The first-order chi connectivity index (χ1) is 13.4. The lowest BCUT2D eigenvalue weighted by atomic mass is 10.2. The zero-order valence-electron chi connectivity index (χ0n) is 15.5. The number of nitrogen functional groups attached to an aromatic ring is 1. The van der Waals surface area contributed by atoms with Gasteiger partial charge in [-0.2, -0.15) is 0 Å². The summed E-state index contributed by atoms with van der Waals surface area (Å²) >= 11 is 3.38. The monoisotopic (exact) mass is 470 g/mol. The molecule has 3 rings (SSSR count). The second-order valence-electron chi connectivity index (χ2n) is 6.28. The van der Waals surface area contributed by atoms with Crippen molar-refractivity contribution in [3.8, 4) is 5.75 Å². The minimum absolute atomic E-state index is 0.0336. The molecular formula is C19H23BrN2O5S. The van der Waals surface area contributed by atoms with Crippen molar-refractivity contribution in [2.45, 2.75) is 24.0 Å². The summed E-state index contributed by atoms with van der Waals surface area (Å²) in [5, 5.41) is 0. The second-order valence-corrected chi connectivity index (χ2v) is 9.02. The lowest BCUT2D eigenvalue weighted by Gasteiger charge is -2.26. The molecule has 28 heavy (non-hydrogen) atoms. The van der Waals surface area contributed by atoms with E-state index in [9.17, 15) is 8.42 Å². The van der Waals surface area contributed by atoms with Gasteiger partial charge in [-0.3, -0.25) is 4.31 Å². The molecule has 9 heteroatoms. The van der Waals surface area contributed by atoms with Gasteiger partial charge in [-0.1, -0.05) is 15.9 Å². The highest BCUT2D eigenvalue weighted by Gasteiger charge is 2.29. The van der Waals surface area contributed by atoms with Gasteiger partial charge in [0.05, 0.1) is 26.0 Å². The number of methoxy groups -OCH3 is 1. The molecule has 2 N–H and O–H groups in total. The fraction of sp³-hybridized carbons (Fsp3) is 0.368. The predicted octanol–water partition coefficient (Wildman–Crippen LogP) is 3.39. The number of ether oxygens (including phenoxy) is 3. The van der Waals surface area contributed by atoms with E-state index in [-0.39, 0.29) is 23.5 Å². The minimum Gasteiger partial charge on any atom is -0.495 e. The van der Waals surface area contributed by atoms with E-state index in [0.29, 0.717) is 37.4 Å². The Morgan fingerprint density at radius 2 is 1.86 bits per heavy atom. The Kier molecular flexibility index (Phi) is 6.82. The molecule has 0 unspecified atom stereocenters. The normalized spacial score (nSPS) is 14.9. The number of anilines is 2. The Morgan fingerprint density at radius 1 is 1.18 bits per heavy atom. The van der Waals surface area contributed by atoms with Crippen molar-refractivity contribution in [1.29, 1.82) is 0 Å². The summed E-state index contributed by atoms with van der Waals surface area (Å²) in [6.07, 6.45) is 0.901. The molecule has 0 atom stereocenters. The Labute approximate surface area is 173 Å². The second kappa shape index (κ2) is 9.13. The van der Waals surface area contributed by atoms with Gasteiger partial charge in [0.2, 0.25) is 0 Å². The van der Waals surface area contributed by atoms with E-state index in [2.05, 4.69) is 15.9 Å². The Hall–Kier alpha value is -1.81. The van der Waals surface area contributed by atoms with Crippen LogP contribution in [-0.2, 0) is 19.5 Å². The van der Waals surface area contributed by atoms with Gasteiger partial charge in [0, 0.05) is 23.1 Å². The van der Waals surface area contributed by atoms with E-state index in [1.54, 1.807) is 36.4 Å². The summed E-state index contributed by atoms with van der Waals surface area (Å²) in [7, 11) is -2.46. The maximum absolute atomic E-state index is 13.5. The van der Waals surface area contributed by atoms with Gasteiger partial charge in [-0.25, -0.2) is 8.42 Å². The largest absolute Gasteiger partial charge is 0.495 e. The number of hydrogen-bond acceptors (Lipinski definition) is 6. The van der Waals surface area contributed by atoms with Gasteiger partial charge in [0.1, 0.15) is 10.6 Å². The molecule has 0 aliphatic carbocycles. The Balaban J connectivity index is 1.92. The first-order valence-electron chi connectivity index (χ1n) is 8.87. The van der Waals surface area contributed by atoms with Crippen LogP contribution in [0.15, 0.2) is 51.8 Å². The number of nitrogens with zero attached hydrogens (tertiary/aromatic N) is 1. The van der Waals surface area contributed by atoms with Crippen LogP contribution in [0.4, 0.5) is 11.4 Å². The van der Waals surface area contributed by atoms with E-state index >= 15 is 0 Å². The van der Waals surface area contributed by atoms with E-state index in [1.807, 2.05) is 0 Å². The van der Waals surface area contributed by atoms with Crippen LogP contribution in [-0.4, -0.2) is 41.6 Å². The van der Waals surface area contributed by atoms with Gasteiger partial charge in [0.15, 0.2) is 6.29 Å². The van der Waals surface area contributed by atoms with E-state index < -0.39 is 10.0 Å². The molecule has 0 aromatic heterocycles. The third kappa shape index (κ3) is 4.78. The molecule has 1 saturated heterocycles. The molecule has 0 bridgehead atoms. The highest BCUT2D eigenvalue weighted by Crippen LogP contribution is 2.32. The number of rotatable bonds is 8. The van der Waals surface area contributed by atoms with Crippen LogP contribution >= 0.6 is 15.9 Å². The Bertz CT molecular complexity index is 899. The summed E-state index contributed by atoms with van der Waals surface area (Å²) in [6, 6.07) is 11.7. The Morgan fingerprint density at radius 3 is 2.50 bits per heavy atom. The van der Waals surface area contributed by atoms with Crippen molar-refractivity contribution in [2.75, 3.05) is 36.9 Å². The molecule has 0 spiro atoms. The summed E-state index contributed by atoms with van der Waals surface area (Å²) in [6.45, 7) is 1.41. The van der Waals surface area contributed by atoms with E-state index in [0.717, 1.165) is 4.47 Å². The number of halogens is 1. The van der Waals surface area contributed by atoms with Crippen molar-refractivity contribution in [3.05, 3.63) is 46.9 Å². The molecule has 152 valence electrons. The molecule has 0 saturated carbocycles. The topological polar surface area (TPSA) is 91.1 Å². The first kappa shape index (κ1) is 20.9. The predicted molar refractivity (Wildman–Crippen MR) is 111 cm³/mol. The summed E-state index contributed by atoms with van der Waals surface area (Å²) in [5.41, 5.74) is 6.75. The molecule has 0 radical (unpaired) electrons. The van der Waals surface area contributed by atoms with Crippen LogP contribution in [0, 0.1) is 0 Å². The third-order valence-electron chi connectivity index (χ3n) is 4.36. The van der Waals surface area contributed by atoms with Crippen molar-refractivity contribution in [2.24, 2.45) is 0 Å². The first-order valence-corrected chi connectivity index (χ1v) is 11.1. The van der Waals surface area contributed by atoms with Gasteiger partial charge >= 0.3 is 0 Å². The van der Waals surface area contributed by atoms with Crippen molar-refractivity contribution in [1.82, 2.24) is 0 Å². The number of benzene rings is 2. The number of hydrogen-bond donors (Lipinski definition) is 1. The van der Waals surface area contributed by atoms with E-state index in [1.165, 1.54) is 17.5 Å². The third-order valence-corrected chi connectivity index (χ3v) is 6.74. The number of sulfonamides is 1. The zero-order valence-corrected chi connectivity index (χ0v) is 17.9. The standard InChI is InChI=1S/C19H23BrN2O5S/c1-25-17-9-6-15(21)13-18(17)28(23,24)22(16-7-4-14(20)5-8-16)10-2-3-19-26-11-12-27-19/h4-9,13,19H,2-3,10-12,21H2,1H3. The van der Waals surface area contributed by atoms with E-state index in [4.69, 9.17) is 19.9 Å². The molecule has 7 nitrogen and oxygen atoms in total. The smallest absolute Gasteiger partial charge is 0.268 e. The van der Waals surface area contributed by atoms with Gasteiger partial charge in [-0.15, -0.1) is 0 Å². The fourth-order valence-electron chi connectivity index (χ4n) is 2.98. The van der Waals surface area contributed by atoms with Crippen LogP contribution in [0.5, 0.6) is 5.75 Å². The lowest BCUT2D eigenvalue weighted by molar-refractivity contribution is -0.0471. The van der Waals surface area contributed by atoms with Crippen LogP contribution < -0.4 is 14.8 Å². The molecule has 1 aliphatic rings. The molecular weight excluding hydrogens is 448 g/mol. The summed E-state index contributed by atoms with van der Waals surface area (Å²) < 4.78 is 45.4. The van der Waals surface area contributed by atoms with Gasteiger partial charge < -0.3 is 19.9 Å². The molecule has 2 aromatic carbocycles. The fourth-order valence-corrected chi connectivity index (χ4v) is 4.95. The highest BCUT2D eigenvalue weighted by molar-refractivity contribution is 9.10. The zero-order chi connectivity index (χ0) is 20.1. The molecule has 1 heterocycles. The maximum Gasteiger partial charge on any atom is 0.268 e. The molecule has 1 fully saturated rings. The van der Waals surface area contributed by atoms with Crippen molar-refractivity contribution < 1.29 is 22.6 Å². The lowest BCUT2D eigenvalue weighted by Crippen LogP contribution is -2.33. The number of nitrogens with two attached hydrogens (primary N) is 1. The quantitative estimate of drug-likeness (QED) is 0.594. The average molecular weight is 471 g/mol. The van der Waals surface area contributed by atoms with Crippen LogP contribution in [0.25, 0.3) is 0 Å². The molecule has 1 aliphatic heterocycles. The van der Waals surface area contributed by atoms with Crippen molar-refractivity contribution >= 4 is 37.3 Å². The van der Waals surface area contributed by atoms with Gasteiger partial charge in [0.25, 0.3) is 10.0 Å². The maximum atomic E-state index is 13.5. The van der Waals surface area contributed by atoms with Crippen molar-refractivity contribution in [3.63, 3.8) is 0 Å². The summed E-state index contributed by atoms with van der Waals surface area (Å²) in [4.78, 5) is 0.0336. The SMILES string of the molecule is COc1ccc(N)cc1S(=O)(=O)N(CCCC1OCCO1)c1ccc(Br)cc1. The highest BCUT2D eigenvalue weighted by atomic mass is 79.9. The minimum atomic E-state index is -3.90. The van der Waals surface area contributed by atoms with Gasteiger partial charge in [-0.05, 0) is 48.9 Å².